The number of amides is 1. The number of aldehydes is 1. The molecule has 0 bridgehead atoms. The largest absolute Gasteiger partial charge is 0.349 e. The van der Waals surface area contributed by atoms with Gasteiger partial charge in [0, 0.05) is 18.9 Å². The summed E-state index contributed by atoms with van der Waals surface area (Å²) < 4.78 is 0. The Morgan fingerprint density at radius 1 is 1.61 bits per heavy atom. The van der Waals surface area contributed by atoms with Gasteiger partial charge in [-0.3, -0.25) is 9.78 Å². The molecular weight excluding hydrogens is 296 g/mol. The second-order valence-electron chi connectivity index (χ2n) is 5.48. The Kier molecular flexibility index (Phi) is 5.60. The number of nitrogens with zero attached hydrogens (tertiary/aromatic N) is 4. The van der Waals surface area contributed by atoms with Crippen molar-refractivity contribution in [3.8, 4) is 6.07 Å². The number of anilines is 1. The number of nitrogens with two attached hydrogens (primary N) is 1. The molecule has 3 N–H and O–H groups in total. The Morgan fingerprint density at radius 3 is 3.04 bits per heavy atom. The average molecular weight is 316 g/mol. The van der Waals surface area contributed by atoms with Gasteiger partial charge in [0.15, 0.2) is 11.8 Å². The summed E-state index contributed by atoms with van der Waals surface area (Å²) in [5.41, 5.74) is 4.06. The first-order valence-electron chi connectivity index (χ1n) is 7.58. The molecule has 1 saturated heterocycles. The minimum absolute atomic E-state index is 0.233. The van der Waals surface area contributed by atoms with Crippen molar-refractivity contribution in [2.45, 2.75) is 37.3 Å². The maximum absolute atomic E-state index is 13.0. The zero-order valence-corrected chi connectivity index (χ0v) is 12.8. The smallest absolute Gasteiger partial charge is 0.256 e. The summed E-state index contributed by atoms with van der Waals surface area (Å²) >= 11 is 0. The first-order chi connectivity index (χ1) is 11.2. The highest BCUT2D eigenvalue weighted by molar-refractivity contribution is 6.04. The van der Waals surface area contributed by atoms with E-state index in [4.69, 9.17) is 5.73 Å². The van der Waals surface area contributed by atoms with E-state index in [9.17, 15) is 14.9 Å². The molecule has 2 rings (SSSR count). The lowest BCUT2D eigenvalue weighted by molar-refractivity contribution is -0.139. The molecule has 0 aliphatic carbocycles. The van der Waals surface area contributed by atoms with Crippen LogP contribution in [0.1, 0.15) is 25.7 Å². The normalized spacial score (nSPS) is 19.7. The van der Waals surface area contributed by atoms with Crippen LogP contribution in [0, 0.1) is 11.3 Å². The summed E-state index contributed by atoms with van der Waals surface area (Å²) in [6.07, 6.45) is 7.10. The molecule has 8 heteroatoms. The Morgan fingerprint density at radius 2 is 2.43 bits per heavy atom. The van der Waals surface area contributed by atoms with Gasteiger partial charge in [0.1, 0.15) is 11.9 Å². The molecule has 1 amide bonds. The van der Waals surface area contributed by atoms with E-state index in [-0.39, 0.29) is 6.42 Å². The number of aromatic nitrogens is 2. The highest BCUT2D eigenvalue weighted by atomic mass is 16.2. The van der Waals surface area contributed by atoms with Crippen LogP contribution in [0.5, 0.6) is 0 Å². The fraction of sp³-hybridized carbons (Fsp3) is 0.533. The first kappa shape index (κ1) is 16.8. The van der Waals surface area contributed by atoms with Crippen molar-refractivity contribution in [1.82, 2.24) is 14.9 Å². The third-order valence-corrected chi connectivity index (χ3v) is 3.94. The van der Waals surface area contributed by atoms with E-state index in [0.717, 1.165) is 6.42 Å². The second kappa shape index (κ2) is 7.65. The van der Waals surface area contributed by atoms with E-state index in [1.54, 1.807) is 0 Å². The third-order valence-electron chi connectivity index (χ3n) is 3.94. The number of rotatable bonds is 7. The van der Waals surface area contributed by atoms with Gasteiger partial charge in [0.05, 0.1) is 12.3 Å². The summed E-state index contributed by atoms with van der Waals surface area (Å²) in [5, 5.41) is 12.1. The lowest BCUT2D eigenvalue weighted by atomic mass is 9.92. The van der Waals surface area contributed by atoms with Gasteiger partial charge in [-0.05, 0) is 32.2 Å². The number of nitriles is 1. The van der Waals surface area contributed by atoms with Gasteiger partial charge in [0.25, 0.3) is 5.91 Å². The van der Waals surface area contributed by atoms with Gasteiger partial charge in [-0.15, -0.1) is 0 Å². The van der Waals surface area contributed by atoms with E-state index in [0.29, 0.717) is 38.0 Å². The van der Waals surface area contributed by atoms with Crippen LogP contribution < -0.4 is 11.1 Å². The van der Waals surface area contributed by atoms with Crippen molar-refractivity contribution < 1.29 is 9.59 Å². The van der Waals surface area contributed by atoms with Crippen molar-refractivity contribution in [2.24, 2.45) is 5.73 Å². The number of hydrogen-bond donors (Lipinski definition) is 2. The summed E-state index contributed by atoms with van der Waals surface area (Å²) in [6.45, 7) is 0.824. The minimum atomic E-state index is -1.48. The Labute approximate surface area is 134 Å². The Hall–Kier alpha value is -2.53. The van der Waals surface area contributed by atoms with Crippen LogP contribution in [-0.4, -0.2) is 51.7 Å². The molecule has 2 atom stereocenters. The van der Waals surface area contributed by atoms with Crippen LogP contribution in [-0.2, 0) is 9.59 Å². The molecular formula is C15H20N6O2. The maximum atomic E-state index is 13.0. The fourth-order valence-corrected chi connectivity index (χ4v) is 2.74. The third kappa shape index (κ3) is 3.63. The van der Waals surface area contributed by atoms with Gasteiger partial charge in [-0.25, -0.2) is 4.98 Å². The maximum Gasteiger partial charge on any atom is 0.256 e. The lowest BCUT2D eigenvalue weighted by Crippen LogP contribution is -2.56. The molecule has 2 heterocycles. The molecule has 0 unspecified atom stereocenters. The lowest BCUT2D eigenvalue weighted by Gasteiger charge is -2.33. The summed E-state index contributed by atoms with van der Waals surface area (Å²) in [5.74, 6) is -0.0756. The summed E-state index contributed by atoms with van der Waals surface area (Å²) in [4.78, 5) is 34.3. The molecule has 1 fully saturated rings. The Bertz CT molecular complexity index is 587. The topological polar surface area (TPSA) is 125 Å². The van der Waals surface area contributed by atoms with Crippen LogP contribution in [0.4, 0.5) is 5.82 Å². The summed E-state index contributed by atoms with van der Waals surface area (Å²) in [7, 11) is 0. The molecule has 23 heavy (non-hydrogen) atoms. The number of carbonyl (C=O) groups is 2. The zero-order chi connectivity index (χ0) is 16.7. The molecule has 0 spiro atoms. The molecule has 122 valence electrons. The quantitative estimate of drug-likeness (QED) is 0.539. The van der Waals surface area contributed by atoms with Crippen molar-refractivity contribution in [3.63, 3.8) is 0 Å². The fourth-order valence-electron chi connectivity index (χ4n) is 2.74. The van der Waals surface area contributed by atoms with Crippen LogP contribution in [0.25, 0.3) is 0 Å². The monoisotopic (exact) mass is 316 g/mol. The molecule has 8 nitrogen and oxygen atoms in total. The highest BCUT2D eigenvalue weighted by Gasteiger charge is 2.44. The number of hydrogen-bond acceptors (Lipinski definition) is 7. The predicted molar refractivity (Wildman–Crippen MR) is 83.1 cm³/mol. The summed E-state index contributed by atoms with van der Waals surface area (Å²) in [6, 6.07) is 1.62. The standard InChI is InChI=1S/C15H20N6O2/c16-5-2-4-15(11-22,20-13-10-18-6-7-19-13)14(23)21-8-1-3-12(21)9-17/h6-7,10-12H,1-5,8,16H2,(H,19,20)/t12-,15+/m0/s1. The Balaban J connectivity index is 2.30. The van der Waals surface area contributed by atoms with E-state index in [1.807, 2.05) is 0 Å². The van der Waals surface area contributed by atoms with Gasteiger partial charge in [-0.2, -0.15) is 5.26 Å². The molecule has 1 aromatic rings. The SMILES string of the molecule is N#C[C@@H]1CCCN1C(=O)[C@](C=O)(CCCN)Nc1cnccn1. The van der Waals surface area contributed by atoms with E-state index in [1.165, 1.54) is 23.5 Å². The van der Waals surface area contributed by atoms with E-state index in [2.05, 4.69) is 21.4 Å². The number of carbonyl (C=O) groups excluding carboxylic acids is 2. The van der Waals surface area contributed by atoms with Crippen molar-refractivity contribution >= 4 is 18.0 Å². The van der Waals surface area contributed by atoms with Crippen LogP contribution in [0.15, 0.2) is 18.6 Å². The van der Waals surface area contributed by atoms with Gasteiger partial charge < -0.3 is 20.7 Å². The average Bonchev–Trinajstić information content (AvgIpc) is 3.07. The van der Waals surface area contributed by atoms with Crippen LogP contribution in [0.3, 0.4) is 0 Å². The van der Waals surface area contributed by atoms with E-state index >= 15 is 0 Å². The first-order valence-corrected chi connectivity index (χ1v) is 7.58. The second-order valence-corrected chi connectivity index (χ2v) is 5.48. The van der Waals surface area contributed by atoms with Crippen molar-refractivity contribution in [1.29, 1.82) is 5.26 Å². The van der Waals surface area contributed by atoms with E-state index < -0.39 is 17.5 Å². The molecule has 0 saturated carbocycles. The zero-order valence-electron chi connectivity index (χ0n) is 12.8. The van der Waals surface area contributed by atoms with Gasteiger partial charge in [-0.1, -0.05) is 0 Å². The van der Waals surface area contributed by atoms with Gasteiger partial charge in [0.2, 0.25) is 0 Å². The van der Waals surface area contributed by atoms with Crippen molar-refractivity contribution in [2.75, 3.05) is 18.4 Å². The molecule has 1 aromatic heterocycles. The van der Waals surface area contributed by atoms with Crippen LogP contribution in [0.2, 0.25) is 0 Å². The molecule has 1 aliphatic heterocycles. The molecule has 0 radical (unpaired) electrons. The minimum Gasteiger partial charge on any atom is -0.349 e. The molecule has 0 aromatic carbocycles. The highest BCUT2D eigenvalue weighted by Crippen LogP contribution is 2.25. The number of likely N-dealkylation sites (tertiary alicyclic amines) is 1. The van der Waals surface area contributed by atoms with Crippen LogP contribution >= 0.6 is 0 Å². The molecule has 1 aliphatic rings. The van der Waals surface area contributed by atoms with Gasteiger partial charge >= 0.3 is 0 Å². The number of nitrogens with one attached hydrogen (secondary N) is 1. The van der Waals surface area contributed by atoms with Crippen molar-refractivity contribution in [3.05, 3.63) is 18.6 Å². The predicted octanol–water partition coefficient (Wildman–Crippen LogP) is 0.0797.